The van der Waals surface area contributed by atoms with Crippen LogP contribution in [0.4, 0.5) is 13.2 Å². The molecule has 7 heteroatoms. The number of halogens is 3. The molecule has 1 N–H and O–H groups in total. The molecule has 0 unspecified atom stereocenters. The second-order valence-electron chi connectivity index (χ2n) is 3.84. The van der Waals surface area contributed by atoms with Gasteiger partial charge >= 0.3 is 6.18 Å². The summed E-state index contributed by atoms with van der Waals surface area (Å²) in [6, 6.07) is 5.47. The van der Waals surface area contributed by atoms with E-state index in [1.165, 1.54) is 0 Å². The lowest BCUT2D eigenvalue weighted by atomic mass is 10.2. The predicted molar refractivity (Wildman–Crippen MR) is 62.4 cm³/mol. The van der Waals surface area contributed by atoms with Gasteiger partial charge in [0.15, 0.2) is 0 Å². The lowest BCUT2D eigenvalue weighted by molar-refractivity contribution is -0.174. The third-order valence-corrected chi connectivity index (χ3v) is 2.17. The third kappa shape index (κ3) is 8.15. The first-order valence-corrected chi connectivity index (χ1v) is 5.78. The van der Waals surface area contributed by atoms with E-state index in [-0.39, 0.29) is 18.9 Å². The molecule has 0 atom stereocenters. The molecular weight excluding hydrogens is 261 g/mol. The number of carbonyl (C=O) groups is 1. The summed E-state index contributed by atoms with van der Waals surface area (Å²) in [6.07, 6.45) is -2.20. The summed E-state index contributed by atoms with van der Waals surface area (Å²) in [5, 5.41) is 2.59. The Bertz CT molecular complexity index is 382. The molecule has 0 aromatic carbocycles. The predicted octanol–water partition coefficient (Wildman–Crippen LogP) is 1.71. The largest absolute Gasteiger partial charge is 0.411 e. The highest BCUT2D eigenvalue weighted by atomic mass is 19.4. The summed E-state index contributed by atoms with van der Waals surface area (Å²) in [4.78, 5) is 15.3. The minimum Gasteiger partial charge on any atom is -0.372 e. The van der Waals surface area contributed by atoms with Crippen LogP contribution in [0.15, 0.2) is 24.4 Å². The first kappa shape index (κ1) is 15.4. The number of hydrogen-bond acceptors (Lipinski definition) is 3. The van der Waals surface area contributed by atoms with Gasteiger partial charge in [-0.15, -0.1) is 0 Å². The van der Waals surface area contributed by atoms with E-state index in [0.717, 1.165) is 5.69 Å². The van der Waals surface area contributed by atoms with E-state index in [4.69, 9.17) is 0 Å². The molecule has 0 aliphatic heterocycles. The van der Waals surface area contributed by atoms with Crippen molar-refractivity contribution >= 4 is 5.91 Å². The molecule has 19 heavy (non-hydrogen) atoms. The van der Waals surface area contributed by atoms with E-state index in [1.54, 1.807) is 12.3 Å². The number of rotatable bonds is 7. The Hall–Kier alpha value is -1.63. The van der Waals surface area contributed by atoms with Crippen molar-refractivity contribution in [2.24, 2.45) is 0 Å². The lowest BCUT2D eigenvalue weighted by Gasteiger charge is -2.08. The Morgan fingerprint density at radius 2 is 2.16 bits per heavy atom. The fraction of sp³-hybridized carbons (Fsp3) is 0.500. The summed E-state index contributed by atoms with van der Waals surface area (Å²) < 4.78 is 39.5. The lowest BCUT2D eigenvalue weighted by Crippen LogP contribution is -2.27. The quantitative estimate of drug-likeness (QED) is 0.771. The van der Waals surface area contributed by atoms with Crippen molar-refractivity contribution in [3.05, 3.63) is 30.1 Å². The van der Waals surface area contributed by atoms with Crippen LogP contribution in [-0.2, 0) is 16.0 Å². The Morgan fingerprint density at radius 3 is 2.79 bits per heavy atom. The van der Waals surface area contributed by atoms with E-state index < -0.39 is 12.8 Å². The van der Waals surface area contributed by atoms with E-state index >= 15 is 0 Å². The fourth-order valence-corrected chi connectivity index (χ4v) is 1.32. The maximum Gasteiger partial charge on any atom is 0.411 e. The zero-order chi connectivity index (χ0) is 14.1. The minimum absolute atomic E-state index is 0.0850. The highest BCUT2D eigenvalue weighted by Gasteiger charge is 2.27. The zero-order valence-corrected chi connectivity index (χ0v) is 10.2. The first-order valence-electron chi connectivity index (χ1n) is 5.78. The van der Waals surface area contributed by atoms with Gasteiger partial charge in [-0.05, 0) is 12.1 Å². The van der Waals surface area contributed by atoms with Crippen LogP contribution in [0.5, 0.6) is 0 Å². The SMILES string of the molecule is O=C(CCOCC(F)(F)F)NCCc1ccccn1. The topological polar surface area (TPSA) is 51.2 Å². The van der Waals surface area contributed by atoms with Crippen LogP contribution >= 0.6 is 0 Å². The second kappa shape index (κ2) is 7.73. The van der Waals surface area contributed by atoms with Gasteiger partial charge in [0.2, 0.25) is 5.91 Å². The number of alkyl halides is 3. The molecule has 0 bridgehead atoms. The number of amides is 1. The van der Waals surface area contributed by atoms with Crippen molar-refractivity contribution in [1.82, 2.24) is 10.3 Å². The van der Waals surface area contributed by atoms with Crippen molar-refractivity contribution in [2.75, 3.05) is 19.8 Å². The molecule has 1 heterocycles. The molecule has 0 radical (unpaired) electrons. The van der Waals surface area contributed by atoms with Gasteiger partial charge in [-0.3, -0.25) is 9.78 Å². The van der Waals surface area contributed by atoms with Crippen molar-refractivity contribution < 1.29 is 22.7 Å². The number of pyridine rings is 1. The Labute approximate surface area is 109 Å². The number of hydrogen-bond donors (Lipinski definition) is 1. The fourth-order valence-electron chi connectivity index (χ4n) is 1.32. The van der Waals surface area contributed by atoms with Crippen LogP contribution in [0.25, 0.3) is 0 Å². The summed E-state index contributed by atoms with van der Waals surface area (Å²) in [5.74, 6) is -0.335. The summed E-state index contributed by atoms with van der Waals surface area (Å²) >= 11 is 0. The van der Waals surface area contributed by atoms with E-state index in [1.807, 2.05) is 12.1 Å². The Balaban J connectivity index is 2.05. The zero-order valence-electron chi connectivity index (χ0n) is 10.2. The molecule has 0 aliphatic rings. The number of carbonyl (C=O) groups excluding carboxylic acids is 1. The van der Waals surface area contributed by atoms with Gasteiger partial charge in [-0.25, -0.2) is 0 Å². The van der Waals surface area contributed by atoms with Gasteiger partial charge in [0.25, 0.3) is 0 Å². The Morgan fingerprint density at radius 1 is 1.37 bits per heavy atom. The second-order valence-corrected chi connectivity index (χ2v) is 3.84. The molecular formula is C12H15F3N2O2. The van der Waals surface area contributed by atoms with Crippen molar-refractivity contribution in [1.29, 1.82) is 0 Å². The minimum atomic E-state index is -4.35. The number of nitrogens with zero attached hydrogens (tertiary/aromatic N) is 1. The molecule has 0 spiro atoms. The standard InChI is InChI=1S/C12H15F3N2O2/c13-12(14,15)9-19-8-5-11(18)17-7-4-10-3-1-2-6-16-10/h1-3,6H,4-5,7-9H2,(H,17,18). The molecule has 0 fully saturated rings. The van der Waals surface area contributed by atoms with Gasteiger partial charge < -0.3 is 10.1 Å². The molecule has 0 saturated carbocycles. The number of nitrogens with one attached hydrogen (secondary N) is 1. The van der Waals surface area contributed by atoms with Crippen molar-refractivity contribution in [3.8, 4) is 0 Å². The first-order chi connectivity index (χ1) is 8.97. The molecule has 0 saturated heterocycles. The third-order valence-electron chi connectivity index (χ3n) is 2.17. The van der Waals surface area contributed by atoms with Crippen LogP contribution in [-0.4, -0.2) is 36.8 Å². The smallest absolute Gasteiger partial charge is 0.372 e. The number of ether oxygens (including phenoxy) is 1. The highest BCUT2D eigenvalue weighted by Crippen LogP contribution is 2.14. The summed E-state index contributed by atoms with van der Waals surface area (Å²) in [7, 11) is 0. The summed E-state index contributed by atoms with van der Waals surface area (Å²) in [5.41, 5.74) is 0.844. The molecule has 0 aliphatic carbocycles. The van der Waals surface area contributed by atoms with Crippen LogP contribution in [0, 0.1) is 0 Å². The van der Waals surface area contributed by atoms with E-state index in [0.29, 0.717) is 13.0 Å². The highest BCUT2D eigenvalue weighted by molar-refractivity contribution is 5.75. The number of aromatic nitrogens is 1. The van der Waals surface area contributed by atoms with Gasteiger partial charge in [0, 0.05) is 31.3 Å². The normalized spacial score (nSPS) is 11.3. The molecule has 106 valence electrons. The molecule has 4 nitrogen and oxygen atoms in total. The molecule has 1 aromatic rings. The molecule has 1 rings (SSSR count). The van der Waals surface area contributed by atoms with Crippen LogP contribution in [0.1, 0.15) is 12.1 Å². The monoisotopic (exact) mass is 276 g/mol. The van der Waals surface area contributed by atoms with Crippen molar-refractivity contribution in [2.45, 2.75) is 19.0 Å². The molecule has 1 aromatic heterocycles. The Kier molecular flexibility index (Phi) is 6.27. The van der Waals surface area contributed by atoms with Crippen LogP contribution in [0.3, 0.4) is 0 Å². The maximum absolute atomic E-state index is 11.7. The van der Waals surface area contributed by atoms with Gasteiger partial charge in [0.05, 0.1) is 6.61 Å². The van der Waals surface area contributed by atoms with Crippen LogP contribution in [0.2, 0.25) is 0 Å². The van der Waals surface area contributed by atoms with Gasteiger partial charge in [-0.2, -0.15) is 13.2 Å². The van der Waals surface area contributed by atoms with Crippen molar-refractivity contribution in [3.63, 3.8) is 0 Å². The average Bonchev–Trinajstić information content (AvgIpc) is 2.35. The van der Waals surface area contributed by atoms with E-state index in [2.05, 4.69) is 15.0 Å². The molecule has 1 amide bonds. The van der Waals surface area contributed by atoms with Gasteiger partial charge in [0.1, 0.15) is 6.61 Å². The van der Waals surface area contributed by atoms with E-state index in [9.17, 15) is 18.0 Å². The average molecular weight is 276 g/mol. The van der Waals surface area contributed by atoms with Crippen LogP contribution < -0.4 is 5.32 Å². The summed E-state index contributed by atoms with van der Waals surface area (Å²) in [6.45, 7) is -1.17. The van der Waals surface area contributed by atoms with Gasteiger partial charge in [-0.1, -0.05) is 6.07 Å². The maximum atomic E-state index is 11.7.